The van der Waals surface area contributed by atoms with E-state index in [0.29, 0.717) is 5.75 Å². The molecule has 1 heterocycles. The van der Waals surface area contributed by atoms with Crippen LogP contribution >= 0.6 is 0 Å². The summed E-state index contributed by atoms with van der Waals surface area (Å²) in [5.74, 6) is 0.480. The molecule has 4 heteroatoms. The molecule has 0 unspecified atom stereocenters. The summed E-state index contributed by atoms with van der Waals surface area (Å²) in [4.78, 5) is 25.5. The average molecular weight is 255 g/mol. The van der Waals surface area contributed by atoms with Gasteiger partial charge in [0.25, 0.3) is 0 Å². The minimum absolute atomic E-state index is 0.0769. The van der Waals surface area contributed by atoms with E-state index in [1.807, 2.05) is 18.2 Å². The number of carbonyl (C=O) groups excluding carboxylic acids is 2. The standard InChI is InChI=1S/C15H13NO3/c1-16-13-11(4-3-5-12(13)19-2)15(14(16)18)8-6-10(17)7-9-15/h3-9H,1-2H3. The van der Waals surface area contributed by atoms with Crippen molar-refractivity contribution in [1.82, 2.24) is 0 Å². The van der Waals surface area contributed by atoms with Gasteiger partial charge in [-0.05, 0) is 18.2 Å². The third-order valence-corrected chi connectivity index (χ3v) is 3.68. The Morgan fingerprint density at radius 3 is 2.47 bits per heavy atom. The van der Waals surface area contributed by atoms with Gasteiger partial charge in [-0.2, -0.15) is 0 Å². The Kier molecular flexibility index (Phi) is 2.35. The zero-order valence-corrected chi connectivity index (χ0v) is 10.7. The number of benzene rings is 1. The molecule has 1 aromatic rings. The number of hydrogen-bond donors (Lipinski definition) is 0. The van der Waals surface area contributed by atoms with Crippen molar-refractivity contribution in [3.63, 3.8) is 0 Å². The van der Waals surface area contributed by atoms with E-state index in [-0.39, 0.29) is 11.7 Å². The summed E-state index contributed by atoms with van der Waals surface area (Å²) < 4.78 is 5.32. The summed E-state index contributed by atoms with van der Waals surface area (Å²) in [7, 11) is 3.30. The monoisotopic (exact) mass is 255 g/mol. The molecule has 1 spiro atoms. The van der Waals surface area contributed by atoms with E-state index in [1.165, 1.54) is 12.2 Å². The summed E-state index contributed by atoms with van der Waals surface area (Å²) in [6.45, 7) is 0. The van der Waals surface area contributed by atoms with Crippen molar-refractivity contribution in [3.05, 3.63) is 48.1 Å². The lowest BCUT2D eigenvalue weighted by molar-refractivity contribution is -0.120. The Balaban J connectivity index is 2.27. The highest BCUT2D eigenvalue weighted by Gasteiger charge is 2.48. The average Bonchev–Trinajstić information content (AvgIpc) is 2.65. The molecule has 0 bridgehead atoms. The number of nitrogens with zero attached hydrogens (tertiary/aromatic N) is 1. The van der Waals surface area contributed by atoms with Crippen LogP contribution in [-0.2, 0) is 15.0 Å². The first-order valence-electron chi connectivity index (χ1n) is 5.98. The van der Waals surface area contributed by atoms with Gasteiger partial charge in [-0.3, -0.25) is 9.59 Å². The normalized spacial score (nSPS) is 19.2. The number of rotatable bonds is 1. The van der Waals surface area contributed by atoms with Crippen LogP contribution in [0.4, 0.5) is 5.69 Å². The number of carbonyl (C=O) groups is 2. The minimum atomic E-state index is -0.869. The van der Waals surface area contributed by atoms with Crippen molar-refractivity contribution in [3.8, 4) is 5.75 Å². The fourth-order valence-corrected chi connectivity index (χ4v) is 2.72. The molecular weight excluding hydrogens is 242 g/mol. The van der Waals surface area contributed by atoms with Gasteiger partial charge in [0, 0.05) is 12.6 Å². The highest BCUT2D eigenvalue weighted by Crippen LogP contribution is 2.48. The molecule has 2 aliphatic rings. The van der Waals surface area contributed by atoms with Crippen molar-refractivity contribution in [2.45, 2.75) is 5.41 Å². The van der Waals surface area contributed by atoms with E-state index in [4.69, 9.17) is 4.74 Å². The summed E-state index contributed by atoms with van der Waals surface area (Å²) in [5, 5.41) is 0. The zero-order valence-electron chi connectivity index (χ0n) is 10.7. The number of methoxy groups -OCH3 is 1. The van der Waals surface area contributed by atoms with Gasteiger partial charge in [-0.1, -0.05) is 24.3 Å². The number of ether oxygens (including phenoxy) is 1. The number of para-hydroxylation sites is 1. The molecule has 0 saturated carbocycles. The molecule has 1 aliphatic heterocycles. The van der Waals surface area contributed by atoms with E-state index >= 15 is 0 Å². The highest BCUT2D eigenvalue weighted by atomic mass is 16.5. The van der Waals surface area contributed by atoms with Gasteiger partial charge in [0.05, 0.1) is 12.8 Å². The van der Waals surface area contributed by atoms with Gasteiger partial charge in [0.15, 0.2) is 5.78 Å². The fourth-order valence-electron chi connectivity index (χ4n) is 2.72. The van der Waals surface area contributed by atoms with Crippen molar-refractivity contribution < 1.29 is 14.3 Å². The van der Waals surface area contributed by atoms with Crippen LogP contribution in [0.25, 0.3) is 0 Å². The van der Waals surface area contributed by atoms with Crippen LogP contribution < -0.4 is 9.64 Å². The van der Waals surface area contributed by atoms with Gasteiger partial charge < -0.3 is 9.64 Å². The Bertz CT molecular complexity index is 627. The van der Waals surface area contributed by atoms with Crippen LogP contribution in [0.15, 0.2) is 42.5 Å². The maximum atomic E-state index is 12.6. The van der Waals surface area contributed by atoms with Crippen molar-refractivity contribution in [2.24, 2.45) is 0 Å². The first-order valence-corrected chi connectivity index (χ1v) is 5.98. The molecule has 96 valence electrons. The highest BCUT2D eigenvalue weighted by molar-refractivity contribution is 6.15. The lowest BCUT2D eigenvalue weighted by Crippen LogP contribution is -2.36. The van der Waals surface area contributed by atoms with Crippen molar-refractivity contribution >= 4 is 17.4 Å². The number of likely N-dealkylation sites (N-methyl/N-ethyl adjacent to an activating group) is 1. The van der Waals surface area contributed by atoms with E-state index in [2.05, 4.69) is 0 Å². The van der Waals surface area contributed by atoms with Gasteiger partial charge in [-0.15, -0.1) is 0 Å². The number of hydrogen-bond acceptors (Lipinski definition) is 3. The molecule has 4 nitrogen and oxygen atoms in total. The van der Waals surface area contributed by atoms with E-state index in [1.54, 1.807) is 31.2 Å². The third kappa shape index (κ3) is 1.40. The molecule has 3 rings (SSSR count). The first-order chi connectivity index (χ1) is 9.10. The van der Waals surface area contributed by atoms with Crippen molar-refractivity contribution in [2.75, 3.05) is 19.1 Å². The Morgan fingerprint density at radius 2 is 1.84 bits per heavy atom. The molecule has 1 amide bonds. The fraction of sp³-hybridized carbons (Fsp3) is 0.200. The topological polar surface area (TPSA) is 46.6 Å². The van der Waals surface area contributed by atoms with E-state index in [9.17, 15) is 9.59 Å². The summed E-state index contributed by atoms with van der Waals surface area (Å²) >= 11 is 0. The summed E-state index contributed by atoms with van der Waals surface area (Å²) in [6, 6.07) is 5.57. The van der Waals surface area contributed by atoms with Crippen LogP contribution in [0.5, 0.6) is 5.75 Å². The van der Waals surface area contributed by atoms with Gasteiger partial charge in [-0.25, -0.2) is 0 Å². The maximum absolute atomic E-state index is 12.6. The van der Waals surface area contributed by atoms with E-state index < -0.39 is 5.41 Å². The lowest BCUT2D eigenvalue weighted by Gasteiger charge is -2.22. The molecule has 0 radical (unpaired) electrons. The Morgan fingerprint density at radius 1 is 1.16 bits per heavy atom. The number of amides is 1. The minimum Gasteiger partial charge on any atom is -0.495 e. The second kappa shape index (κ2) is 3.82. The number of allylic oxidation sites excluding steroid dienone is 2. The number of anilines is 1. The molecule has 0 fully saturated rings. The predicted octanol–water partition coefficient (Wildman–Crippen LogP) is 1.60. The lowest BCUT2D eigenvalue weighted by atomic mass is 9.78. The van der Waals surface area contributed by atoms with Gasteiger partial charge >= 0.3 is 0 Å². The van der Waals surface area contributed by atoms with Gasteiger partial charge in [0.1, 0.15) is 11.2 Å². The van der Waals surface area contributed by atoms with Crippen LogP contribution in [-0.4, -0.2) is 25.8 Å². The van der Waals surface area contributed by atoms with Crippen molar-refractivity contribution in [1.29, 1.82) is 0 Å². The largest absolute Gasteiger partial charge is 0.495 e. The van der Waals surface area contributed by atoms with Crippen LogP contribution in [0.2, 0.25) is 0 Å². The SMILES string of the molecule is COc1cccc2c1N(C)C(=O)C21C=CC(=O)C=C1. The molecule has 19 heavy (non-hydrogen) atoms. The molecule has 1 aliphatic carbocycles. The predicted molar refractivity (Wildman–Crippen MR) is 71.4 cm³/mol. The molecule has 1 aromatic carbocycles. The Hall–Kier alpha value is -2.36. The third-order valence-electron chi connectivity index (χ3n) is 3.68. The second-order valence-corrected chi connectivity index (χ2v) is 4.66. The van der Waals surface area contributed by atoms with E-state index in [0.717, 1.165) is 11.3 Å². The quantitative estimate of drug-likeness (QED) is 0.765. The molecule has 0 N–H and O–H groups in total. The summed E-state index contributed by atoms with van der Waals surface area (Å²) in [5.41, 5.74) is 0.741. The summed E-state index contributed by atoms with van der Waals surface area (Å²) in [6.07, 6.45) is 6.22. The number of ketones is 1. The van der Waals surface area contributed by atoms with Crippen LogP contribution in [0.3, 0.4) is 0 Å². The first kappa shape index (κ1) is 11.7. The van der Waals surface area contributed by atoms with Crippen LogP contribution in [0.1, 0.15) is 5.56 Å². The zero-order chi connectivity index (χ0) is 13.6. The van der Waals surface area contributed by atoms with Gasteiger partial charge in [0.2, 0.25) is 5.91 Å². The molecule has 0 aromatic heterocycles. The number of fused-ring (bicyclic) bond motifs is 2. The van der Waals surface area contributed by atoms with Crippen LogP contribution in [0, 0.1) is 0 Å². The second-order valence-electron chi connectivity index (χ2n) is 4.66. The molecule has 0 saturated heterocycles. The molecular formula is C15H13NO3. The molecule has 0 atom stereocenters. The smallest absolute Gasteiger partial charge is 0.245 e. The Labute approximate surface area is 111 Å². The maximum Gasteiger partial charge on any atom is 0.245 e.